The first-order chi connectivity index (χ1) is 14.5. The molecule has 0 bridgehead atoms. The summed E-state index contributed by atoms with van der Waals surface area (Å²) in [5.41, 5.74) is 3.10. The quantitative estimate of drug-likeness (QED) is 0.521. The molecule has 164 valence electrons. The Hall–Kier alpha value is -2.22. The minimum atomic E-state index is -0.720. The van der Waals surface area contributed by atoms with Crippen molar-refractivity contribution in [1.29, 1.82) is 0 Å². The van der Waals surface area contributed by atoms with Gasteiger partial charge in [-0.05, 0) is 57.7 Å². The van der Waals surface area contributed by atoms with Crippen molar-refractivity contribution >= 4 is 16.8 Å². The highest BCUT2D eigenvalue weighted by Gasteiger charge is 2.26. The molecule has 1 aliphatic rings. The summed E-state index contributed by atoms with van der Waals surface area (Å²) in [4.78, 5) is 9.31. The molecule has 7 nitrogen and oxygen atoms in total. The SMILES string of the molecule is CCNC(=NCc1ccc(-n2nc(C)cc2C)nc1)NC1CCCC(S(=O)CC)C1. The summed E-state index contributed by atoms with van der Waals surface area (Å²) in [6.07, 6.45) is 6.09. The van der Waals surface area contributed by atoms with E-state index in [0.717, 1.165) is 66.7 Å². The summed E-state index contributed by atoms with van der Waals surface area (Å²) in [5, 5.41) is 11.7. The fourth-order valence-electron chi connectivity index (χ4n) is 3.93. The Kier molecular flexibility index (Phi) is 8.01. The maximum absolute atomic E-state index is 12.2. The van der Waals surface area contributed by atoms with Gasteiger partial charge in [0.25, 0.3) is 0 Å². The van der Waals surface area contributed by atoms with Crippen LogP contribution in [0.4, 0.5) is 0 Å². The van der Waals surface area contributed by atoms with Crippen molar-refractivity contribution in [3.63, 3.8) is 0 Å². The highest BCUT2D eigenvalue weighted by atomic mass is 32.2. The van der Waals surface area contributed by atoms with E-state index in [4.69, 9.17) is 4.99 Å². The summed E-state index contributed by atoms with van der Waals surface area (Å²) in [5.74, 6) is 2.37. The van der Waals surface area contributed by atoms with E-state index in [2.05, 4.69) is 27.6 Å². The molecule has 1 aliphatic carbocycles. The van der Waals surface area contributed by atoms with Gasteiger partial charge in [0.1, 0.15) is 0 Å². The maximum Gasteiger partial charge on any atom is 0.191 e. The topological polar surface area (TPSA) is 84.2 Å². The number of nitrogens with one attached hydrogen (secondary N) is 2. The number of aryl methyl sites for hydroxylation is 2. The van der Waals surface area contributed by atoms with Gasteiger partial charge in [0.2, 0.25) is 0 Å². The van der Waals surface area contributed by atoms with Crippen LogP contribution in [0.2, 0.25) is 0 Å². The molecule has 3 rings (SSSR count). The van der Waals surface area contributed by atoms with Gasteiger partial charge in [-0.3, -0.25) is 4.21 Å². The summed E-state index contributed by atoms with van der Waals surface area (Å²) in [7, 11) is -0.720. The summed E-state index contributed by atoms with van der Waals surface area (Å²) in [6, 6.07) is 6.40. The number of pyridine rings is 1. The molecule has 30 heavy (non-hydrogen) atoms. The predicted molar refractivity (Wildman–Crippen MR) is 124 cm³/mol. The van der Waals surface area contributed by atoms with Crippen molar-refractivity contribution in [1.82, 2.24) is 25.4 Å². The monoisotopic (exact) mass is 430 g/mol. The lowest BCUT2D eigenvalue weighted by Crippen LogP contribution is -2.46. The van der Waals surface area contributed by atoms with E-state index < -0.39 is 10.8 Å². The number of guanidine groups is 1. The average molecular weight is 431 g/mol. The van der Waals surface area contributed by atoms with E-state index in [9.17, 15) is 4.21 Å². The molecular weight excluding hydrogens is 396 g/mol. The largest absolute Gasteiger partial charge is 0.357 e. The molecule has 0 amide bonds. The normalized spacial score (nSPS) is 20.7. The third kappa shape index (κ3) is 5.90. The van der Waals surface area contributed by atoms with Gasteiger partial charge in [0, 0.05) is 46.3 Å². The number of aliphatic imine (C=N–C) groups is 1. The lowest BCUT2D eigenvalue weighted by atomic mass is 9.95. The van der Waals surface area contributed by atoms with Gasteiger partial charge in [-0.2, -0.15) is 5.10 Å². The zero-order valence-electron chi connectivity index (χ0n) is 18.5. The molecule has 2 aromatic rings. The van der Waals surface area contributed by atoms with Gasteiger partial charge < -0.3 is 10.6 Å². The van der Waals surface area contributed by atoms with E-state index >= 15 is 0 Å². The van der Waals surface area contributed by atoms with Gasteiger partial charge in [-0.15, -0.1) is 0 Å². The highest BCUT2D eigenvalue weighted by molar-refractivity contribution is 7.85. The van der Waals surface area contributed by atoms with Crippen LogP contribution in [0.3, 0.4) is 0 Å². The zero-order valence-corrected chi connectivity index (χ0v) is 19.3. The Balaban J connectivity index is 1.63. The lowest BCUT2D eigenvalue weighted by molar-refractivity contribution is 0.413. The second kappa shape index (κ2) is 10.7. The Morgan fingerprint density at radius 2 is 2.13 bits per heavy atom. The van der Waals surface area contributed by atoms with E-state index in [0.29, 0.717) is 17.8 Å². The van der Waals surface area contributed by atoms with E-state index in [1.54, 1.807) is 0 Å². The van der Waals surface area contributed by atoms with Gasteiger partial charge in [-0.1, -0.05) is 19.4 Å². The predicted octanol–water partition coefficient (Wildman–Crippen LogP) is 3.02. The smallest absolute Gasteiger partial charge is 0.191 e. The van der Waals surface area contributed by atoms with Crippen molar-refractivity contribution in [2.24, 2.45) is 4.99 Å². The Labute approximate surface area is 182 Å². The standard InChI is InChI=1S/C22H34N6OS/c1-5-23-22(26-19-8-7-9-20(13-19)30(29)6-2)25-15-18-10-11-21(24-14-18)28-17(4)12-16(3)27-28/h10-12,14,19-20H,5-9,13,15H2,1-4H3,(H2,23,25,26). The highest BCUT2D eigenvalue weighted by Crippen LogP contribution is 2.23. The molecule has 2 heterocycles. The number of aromatic nitrogens is 3. The molecule has 1 saturated carbocycles. The first-order valence-electron chi connectivity index (χ1n) is 10.9. The molecule has 3 unspecified atom stereocenters. The number of hydrogen-bond donors (Lipinski definition) is 2. The van der Waals surface area contributed by atoms with Crippen LogP contribution in [-0.2, 0) is 17.3 Å². The molecule has 3 atom stereocenters. The first-order valence-corrected chi connectivity index (χ1v) is 12.3. The molecule has 2 N–H and O–H groups in total. The van der Waals surface area contributed by atoms with Gasteiger partial charge in [0.15, 0.2) is 11.8 Å². The molecule has 0 aliphatic heterocycles. The number of hydrogen-bond acceptors (Lipinski definition) is 4. The Morgan fingerprint density at radius 3 is 2.77 bits per heavy atom. The van der Waals surface area contributed by atoms with Crippen LogP contribution in [0, 0.1) is 13.8 Å². The van der Waals surface area contributed by atoms with Crippen LogP contribution in [0.5, 0.6) is 0 Å². The summed E-state index contributed by atoms with van der Waals surface area (Å²) < 4.78 is 14.1. The van der Waals surface area contributed by atoms with E-state index in [1.165, 1.54) is 0 Å². The summed E-state index contributed by atoms with van der Waals surface area (Å²) >= 11 is 0. The van der Waals surface area contributed by atoms with E-state index in [-0.39, 0.29) is 0 Å². The second-order valence-electron chi connectivity index (χ2n) is 7.86. The zero-order chi connectivity index (χ0) is 21.5. The Morgan fingerprint density at radius 1 is 1.30 bits per heavy atom. The van der Waals surface area contributed by atoms with Crippen LogP contribution in [-0.4, -0.2) is 48.5 Å². The van der Waals surface area contributed by atoms with Crippen molar-refractivity contribution in [3.05, 3.63) is 41.3 Å². The van der Waals surface area contributed by atoms with Crippen LogP contribution >= 0.6 is 0 Å². The second-order valence-corrected chi connectivity index (χ2v) is 9.86. The van der Waals surface area contributed by atoms with Crippen LogP contribution in [0.15, 0.2) is 29.4 Å². The van der Waals surface area contributed by atoms with Gasteiger partial charge in [0.05, 0.1) is 12.2 Å². The molecule has 0 aromatic carbocycles. The van der Waals surface area contributed by atoms with Gasteiger partial charge in [-0.25, -0.2) is 14.7 Å². The maximum atomic E-state index is 12.2. The average Bonchev–Trinajstić information content (AvgIpc) is 3.10. The minimum Gasteiger partial charge on any atom is -0.357 e. The van der Waals surface area contributed by atoms with Gasteiger partial charge >= 0.3 is 0 Å². The van der Waals surface area contributed by atoms with Crippen molar-refractivity contribution < 1.29 is 4.21 Å². The third-order valence-electron chi connectivity index (χ3n) is 5.42. The first kappa shape index (κ1) is 22.5. The number of rotatable bonds is 7. The fraction of sp³-hybridized carbons (Fsp3) is 0.591. The molecule has 2 aromatic heterocycles. The van der Waals surface area contributed by atoms with Crippen molar-refractivity contribution in [3.8, 4) is 5.82 Å². The molecule has 8 heteroatoms. The van der Waals surface area contributed by atoms with Crippen LogP contribution in [0.1, 0.15) is 56.5 Å². The van der Waals surface area contributed by atoms with Crippen molar-refractivity contribution in [2.45, 2.75) is 71.2 Å². The summed E-state index contributed by atoms with van der Waals surface area (Å²) in [6.45, 7) is 9.44. The lowest BCUT2D eigenvalue weighted by Gasteiger charge is -2.30. The van der Waals surface area contributed by atoms with E-state index in [1.807, 2.05) is 49.8 Å². The van der Waals surface area contributed by atoms with Crippen LogP contribution < -0.4 is 10.6 Å². The fourth-order valence-corrected chi connectivity index (χ4v) is 5.28. The number of nitrogens with zero attached hydrogens (tertiary/aromatic N) is 4. The Bertz CT molecular complexity index is 876. The van der Waals surface area contributed by atoms with Crippen LogP contribution in [0.25, 0.3) is 5.82 Å². The van der Waals surface area contributed by atoms with Crippen molar-refractivity contribution in [2.75, 3.05) is 12.3 Å². The molecular formula is C22H34N6OS. The molecule has 0 saturated heterocycles. The molecule has 0 spiro atoms. The minimum absolute atomic E-state index is 0.301. The molecule has 0 radical (unpaired) electrons. The molecule has 1 fully saturated rings. The third-order valence-corrected chi connectivity index (χ3v) is 7.16.